The molecular weight excluding hydrogens is 408 g/mol. The number of methoxy groups -OCH3 is 1. The Bertz CT molecular complexity index is 1110. The van der Waals surface area contributed by atoms with Gasteiger partial charge in [-0.2, -0.15) is 5.10 Å². The summed E-state index contributed by atoms with van der Waals surface area (Å²) in [5.41, 5.74) is 5.16. The minimum Gasteiger partial charge on any atom is -0.380 e. The Labute approximate surface area is 187 Å². The number of aromatic nitrogens is 5. The molecule has 4 heterocycles. The Morgan fingerprint density at radius 2 is 2.00 bits per heavy atom. The van der Waals surface area contributed by atoms with Gasteiger partial charge in [-0.05, 0) is 40.5 Å². The van der Waals surface area contributed by atoms with Crippen LogP contribution in [0.2, 0.25) is 0 Å². The van der Waals surface area contributed by atoms with Crippen LogP contribution in [0, 0.1) is 20.8 Å². The van der Waals surface area contributed by atoms with Gasteiger partial charge in [0, 0.05) is 56.2 Å². The normalized spacial score (nSPS) is 14.8. The van der Waals surface area contributed by atoms with Gasteiger partial charge in [0.1, 0.15) is 5.82 Å². The molecule has 0 bridgehead atoms. The average Bonchev–Trinajstić information content (AvgIpc) is 3.38. The van der Waals surface area contributed by atoms with E-state index in [4.69, 9.17) is 9.26 Å². The molecule has 4 rings (SSSR count). The van der Waals surface area contributed by atoms with Crippen molar-refractivity contribution in [3.63, 3.8) is 0 Å². The summed E-state index contributed by atoms with van der Waals surface area (Å²) in [7, 11) is 1.67. The van der Waals surface area contributed by atoms with E-state index < -0.39 is 0 Å². The molecule has 9 nitrogen and oxygen atoms in total. The first-order valence-corrected chi connectivity index (χ1v) is 11.0. The third-order valence-corrected chi connectivity index (χ3v) is 6.14. The number of nitrogens with zero attached hydrogens (tertiary/aromatic N) is 6. The second-order valence-electron chi connectivity index (χ2n) is 8.27. The van der Waals surface area contributed by atoms with Crippen LogP contribution in [-0.4, -0.2) is 55.9 Å². The van der Waals surface area contributed by atoms with Gasteiger partial charge in [-0.1, -0.05) is 5.16 Å². The van der Waals surface area contributed by atoms with Crippen molar-refractivity contribution in [3.8, 4) is 11.3 Å². The SMILES string of the molecule is CCn1nc(C)c(-c2cc(C(=O)N3CCC(c4nc(C)ncc4COC)CC3)no2)c1C. The van der Waals surface area contributed by atoms with Gasteiger partial charge < -0.3 is 14.2 Å². The molecule has 0 unspecified atom stereocenters. The lowest BCUT2D eigenvalue weighted by Crippen LogP contribution is -2.38. The second kappa shape index (κ2) is 9.20. The number of carbonyl (C=O) groups is 1. The molecule has 0 aromatic carbocycles. The number of rotatable bonds is 6. The molecule has 0 saturated carbocycles. The van der Waals surface area contributed by atoms with Gasteiger partial charge in [0.25, 0.3) is 5.91 Å². The molecular formula is C23H30N6O3. The quantitative estimate of drug-likeness (QED) is 0.581. The summed E-state index contributed by atoms with van der Waals surface area (Å²) in [6.45, 7) is 10.4. The first-order chi connectivity index (χ1) is 15.4. The maximum Gasteiger partial charge on any atom is 0.276 e. The van der Waals surface area contributed by atoms with E-state index in [0.717, 1.165) is 53.4 Å². The zero-order valence-electron chi connectivity index (χ0n) is 19.4. The van der Waals surface area contributed by atoms with Crippen molar-refractivity contribution in [2.24, 2.45) is 0 Å². The van der Waals surface area contributed by atoms with E-state index in [1.807, 2.05) is 43.5 Å². The first-order valence-electron chi connectivity index (χ1n) is 11.0. The van der Waals surface area contributed by atoms with E-state index in [9.17, 15) is 4.79 Å². The second-order valence-corrected chi connectivity index (χ2v) is 8.27. The van der Waals surface area contributed by atoms with Gasteiger partial charge in [-0.15, -0.1) is 0 Å². The minimum absolute atomic E-state index is 0.104. The smallest absolute Gasteiger partial charge is 0.276 e. The van der Waals surface area contributed by atoms with Gasteiger partial charge in [0.2, 0.25) is 0 Å². The average molecular weight is 439 g/mol. The van der Waals surface area contributed by atoms with Crippen LogP contribution >= 0.6 is 0 Å². The summed E-state index contributed by atoms with van der Waals surface area (Å²) in [5.74, 6) is 1.51. The largest absolute Gasteiger partial charge is 0.380 e. The monoisotopic (exact) mass is 438 g/mol. The highest BCUT2D eigenvalue weighted by Crippen LogP contribution is 2.31. The van der Waals surface area contributed by atoms with Gasteiger partial charge in [0.05, 0.1) is 23.6 Å². The molecule has 3 aromatic rings. The predicted octanol–water partition coefficient (Wildman–Crippen LogP) is 3.44. The van der Waals surface area contributed by atoms with E-state index in [0.29, 0.717) is 31.2 Å². The summed E-state index contributed by atoms with van der Waals surface area (Å²) in [6, 6.07) is 1.73. The third-order valence-electron chi connectivity index (χ3n) is 6.14. The fraction of sp³-hybridized carbons (Fsp3) is 0.522. The van der Waals surface area contributed by atoms with Crippen molar-refractivity contribution < 1.29 is 14.1 Å². The molecule has 32 heavy (non-hydrogen) atoms. The van der Waals surface area contributed by atoms with Gasteiger partial charge in [-0.25, -0.2) is 9.97 Å². The van der Waals surface area contributed by atoms with Crippen LogP contribution in [0.3, 0.4) is 0 Å². The van der Waals surface area contributed by atoms with E-state index in [1.54, 1.807) is 13.2 Å². The van der Waals surface area contributed by atoms with Crippen LogP contribution in [0.5, 0.6) is 0 Å². The first kappa shape index (κ1) is 22.1. The number of likely N-dealkylation sites (tertiary alicyclic amines) is 1. The number of piperidine rings is 1. The summed E-state index contributed by atoms with van der Waals surface area (Å²) < 4.78 is 12.8. The minimum atomic E-state index is -0.104. The number of aryl methyl sites for hydroxylation is 3. The van der Waals surface area contributed by atoms with Crippen molar-refractivity contribution >= 4 is 5.91 Å². The molecule has 1 fully saturated rings. The Balaban J connectivity index is 1.46. The standard InChI is InChI=1S/C23H30N6O3/c1-6-29-15(3)21(14(2)26-29)20-11-19(27-32-20)23(30)28-9-7-17(8-10-28)22-18(13-31-5)12-24-16(4)25-22/h11-12,17H,6-10,13H2,1-5H3. The molecule has 1 aliphatic heterocycles. The van der Waals surface area contributed by atoms with Crippen molar-refractivity contribution in [2.75, 3.05) is 20.2 Å². The topological polar surface area (TPSA) is 99.2 Å². The third kappa shape index (κ3) is 4.17. The van der Waals surface area contributed by atoms with Crippen molar-refractivity contribution in [1.29, 1.82) is 0 Å². The van der Waals surface area contributed by atoms with E-state index in [2.05, 4.69) is 20.2 Å². The van der Waals surface area contributed by atoms with Crippen LogP contribution in [0.1, 0.15) is 64.6 Å². The number of hydrogen-bond donors (Lipinski definition) is 0. The summed E-state index contributed by atoms with van der Waals surface area (Å²) in [4.78, 5) is 23.9. The van der Waals surface area contributed by atoms with Gasteiger partial charge in [0.15, 0.2) is 11.5 Å². The Hall–Kier alpha value is -3.07. The number of ether oxygens (including phenoxy) is 1. The fourth-order valence-electron chi connectivity index (χ4n) is 4.51. The molecule has 3 aromatic heterocycles. The van der Waals surface area contributed by atoms with Gasteiger partial charge in [-0.3, -0.25) is 9.48 Å². The zero-order valence-corrected chi connectivity index (χ0v) is 19.4. The molecule has 170 valence electrons. The van der Waals surface area contributed by atoms with E-state index in [1.165, 1.54) is 0 Å². The lowest BCUT2D eigenvalue weighted by molar-refractivity contribution is 0.0700. The molecule has 0 aliphatic carbocycles. The highest BCUT2D eigenvalue weighted by molar-refractivity contribution is 5.93. The van der Waals surface area contributed by atoms with Crippen LogP contribution in [-0.2, 0) is 17.9 Å². The summed E-state index contributed by atoms with van der Waals surface area (Å²) in [6.07, 6.45) is 3.52. The molecule has 0 radical (unpaired) electrons. The lowest BCUT2D eigenvalue weighted by Gasteiger charge is -2.32. The molecule has 0 spiro atoms. The Morgan fingerprint density at radius 1 is 1.25 bits per heavy atom. The van der Waals surface area contributed by atoms with Gasteiger partial charge >= 0.3 is 0 Å². The Kier molecular flexibility index (Phi) is 6.36. The zero-order chi connectivity index (χ0) is 22.8. The maximum atomic E-state index is 13.1. The number of hydrogen-bond acceptors (Lipinski definition) is 7. The number of amides is 1. The van der Waals surface area contributed by atoms with E-state index in [-0.39, 0.29) is 11.8 Å². The highest BCUT2D eigenvalue weighted by atomic mass is 16.5. The molecule has 0 N–H and O–H groups in total. The molecule has 1 saturated heterocycles. The molecule has 1 amide bonds. The van der Waals surface area contributed by atoms with Crippen LogP contribution < -0.4 is 0 Å². The van der Waals surface area contributed by atoms with Crippen LogP contribution in [0.25, 0.3) is 11.3 Å². The highest BCUT2D eigenvalue weighted by Gasteiger charge is 2.29. The summed E-state index contributed by atoms with van der Waals surface area (Å²) >= 11 is 0. The van der Waals surface area contributed by atoms with Crippen LogP contribution in [0.15, 0.2) is 16.8 Å². The number of carbonyl (C=O) groups excluding carboxylic acids is 1. The van der Waals surface area contributed by atoms with Crippen molar-refractivity contribution in [1.82, 2.24) is 29.8 Å². The van der Waals surface area contributed by atoms with Crippen molar-refractivity contribution in [2.45, 2.75) is 59.6 Å². The lowest BCUT2D eigenvalue weighted by atomic mass is 9.90. The predicted molar refractivity (Wildman–Crippen MR) is 118 cm³/mol. The maximum absolute atomic E-state index is 13.1. The molecule has 0 atom stereocenters. The summed E-state index contributed by atoms with van der Waals surface area (Å²) in [5, 5.41) is 8.60. The molecule has 1 aliphatic rings. The van der Waals surface area contributed by atoms with Crippen LogP contribution in [0.4, 0.5) is 0 Å². The van der Waals surface area contributed by atoms with E-state index >= 15 is 0 Å². The molecule has 9 heteroatoms. The Morgan fingerprint density at radius 3 is 2.66 bits per heavy atom. The fourth-order valence-corrected chi connectivity index (χ4v) is 4.51. The van der Waals surface area contributed by atoms with Crippen molar-refractivity contribution in [3.05, 3.63) is 46.4 Å².